The van der Waals surface area contributed by atoms with Gasteiger partial charge in [-0.15, -0.1) is 0 Å². The number of nitrogens with one attached hydrogen (secondary N) is 1. The van der Waals surface area contributed by atoms with Gasteiger partial charge in [0.1, 0.15) is 5.76 Å². The minimum absolute atomic E-state index is 0.220. The first-order valence-electron chi connectivity index (χ1n) is 7.75. The standard InChI is InChI=1S/C18H17N3O4S/c1-21-10-9-19-18(21)26-11-14-7-8-15(25-14)16(22)20-13-5-3-12(4-6-13)17(23)24-2/h3-10H,11H2,1-2H3,(H,20,22). The van der Waals surface area contributed by atoms with Crippen molar-refractivity contribution in [2.75, 3.05) is 12.4 Å². The molecule has 0 bridgehead atoms. The number of ether oxygens (including phenoxy) is 1. The van der Waals surface area contributed by atoms with Crippen LogP contribution in [0.3, 0.4) is 0 Å². The Morgan fingerprint density at radius 2 is 2.00 bits per heavy atom. The lowest BCUT2D eigenvalue weighted by Crippen LogP contribution is -2.11. The van der Waals surface area contributed by atoms with E-state index in [9.17, 15) is 9.59 Å². The summed E-state index contributed by atoms with van der Waals surface area (Å²) < 4.78 is 12.1. The van der Waals surface area contributed by atoms with E-state index in [0.717, 1.165) is 5.16 Å². The van der Waals surface area contributed by atoms with Crippen LogP contribution in [0.5, 0.6) is 0 Å². The van der Waals surface area contributed by atoms with Gasteiger partial charge in [-0.1, -0.05) is 11.8 Å². The van der Waals surface area contributed by atoms with E-state index < -0.39 is 5.97 Å². The average molecular weight is 371 g/mol. The number of thioether (sulfide) groups is 1. The SMILES string of the molecule is COC(=O)c1ccc(NC(=O)c2ccc(CSc3nccn3C)o2)cc1. The van der Waals surface area contributed by atoms with Gasteiger partial charge in [0, 0.05) is 25.1 Å². The van der Waals surface area contributed by atoms with Gasteiger partial charge >= 0.3 is 5.97 Å². The molecule has 0 unspecified atom stereocenters. The maximum Gasteiger partial charge on any atom is 0.337 e. The highest BCUT2D eigenvalue weighted by atomic mass is 32.2. The lowest BCUT2D eigenvalue weighted by Gasteiger charge is -2.04. The Morgan fingerprint density at radius 3 is 2.65 bits per heavy atom. The summed E-state index contributed by atoms with van der Waals surface area (Å²) in [4.78, 5) is 27.9. The molecule has 3 rings (SSSR count). The van der Waals surface area contributed by atoms with Crippen molar-refractivity contribution in [2.24, 2.45) is 7.05 Å². The second kappa shape index (κ2) is 7.92. The third-order valence-electron chi connectivity index (χ3n) is 3.57. The van der Waals surface area contributed by atoms with Crippen LogP contribution in [0.15, 0.2) is 58.4 Å². The number of rotatable bonds is 6. The second-order valence-corrected chi connectivity index (χ2v) is 6.34. The van der Waals surface area contributed by atoms with Crippen molar-refractivity contribution < 1.29 is 18.7 Å². The van der Waals surface area contributed by atoms with Gasteiger partial charge in [-0.2, -0.15) is 0 Å². The molecule has 26 heavy (non-hydrogen) atoms. The Morgan fingerprint density at radius 1 is 1.23 bits per heavy atom. The molecule has 0 saturated heterocycles. The summed E-state index contributed by atoms with van der Waals surface area (Å²) >= 11 is 1.52. The predicted molar refractivity (Wildman–Crippen MR) is 97.2 cm³/mol. The molecule has 0 fully saturated rings. The van der Waals surface area contributed by atoms with Crippen LogP contribution in [0.1, 0.15) is 26.7 Å². The Labute approximate surface area is 154 Å². The van der Waals surface area contributed by atoms with Crippen molar-refractivity contribution >= 4 is 29.3 Å². The number of hydrogen-bond acceptors (Lipinski definition) is 6. The molecule has 0 aliphatic rings. The number of amides is 1. The maximum atomic E-state index is 12.3. The maximum absolute atomic E-state index is 12.3. The van der Waals surface area contributed by atoms with Crippen molar-refractivity contribution in [3.05, 3.63) is 65.9 Å². The summed E-state index contributed by atoms with van der Waals surface area (Å²) in [5, 5.41) is 3.60. The van der Waals surface area contributed by atoms with Crippen molar-refractivity contribution in [2.45, 2.75) is 10.9 Å². The van der Waals surface area contributed by atoms with Crippen molar-refractivity contribution in [1.82, 2.24) is 9.55 Å². The second-order valence-electron chi connectivity index (χ2n) is 5.40. The van der Waals surface area contributed by atoms with Crippen LogP contribution < -0.4 is 5.32 Å². The summed E-state index contributed by atoms with van der Waals surface area (Å²) in [6, 6.07) is 9.82. The molecule has 0 spiro atoms. The summed E-state index contributed by atoms with van der Waals surface area (Å²) in [5.74, 6) is 0.695. The lowest BCUT2D eigenvalue weighted by atomic mass is 10.2. The summed E-state index contributed by atoms with van der Waals surface area (Å²) in [6.07, 6.45) is 3.60. The molecular weight excluding hydrogens is 354 g/mol. The highest BCUT2D eigenvalue weighted by molar-refractivity contribution is 7.98. The van der Waals surface area contributed by atoms with E-state index in [-0.39, 0.29) is 11.7 Å². The zero-order valence-corrected chi connectivity index (χ0v) is 15.1. The van der Waals surface area contributed by atoms with Gasteiger partial charge in [-0.3, -0.25) is 4.79 Å². The number of carbonyl (C=O) groups excluding carboxylic acids is 2. The number of anilines is 1. The van der Waals surface area contributed by atoms with Gasteiger partial charge in [0.05, 0.1) is 18.4 Å². The Balaban J connectivity index is 1.59. The molecule has 2 aromatic heterocycles. The molecule has 134 valence electrons. The molecule has 0 saturated carbocycles. The number of aromatic nitrogens is 2. The molecule has 0 radical (unpaired) electrons. The van der Waals surface area contributed by atoms with E-state index in [2.05, 4.69) is 15.0 Å². The van der Waals surface area contributed by atoms with Crippen LogP contribution in [0.2, 0.25) is 0 Å². The van der Waals surface area contributed by atoms with Crippen molar-refractivity contribution in [1.29, 1.82) is 0 Å². The smallest absolute Gasteiger partial charge is 0.337 e. The van der Waals surface area contributed by atoms with Crippen LogP contribution in [0, 0.1) is 0 Å². The number of methoxy groups -OCH3 is 1. The molecule has 0 atom stereocenters. The number of nitrogens with zero attached hydrogens (tertiary/aromatic N) is 2. The van der Waals surface area contributed by atoms with Crippen LogP contribution in [0.25, 0.3) is 0 Å². The number of aryl methyl sites for hydroxylation is 1. The fraction of sp³-hybridized carbons (Fsp3) is 0.167. The number of esters is 1. The van der Waals surface area contributed by atoms with Gasteiger partial charge in [-0.25, -0.2) is 9.78 Å². The molecule has 8 heteroatoms. The van der Waals surface area contributed by atoms with Gasteiger partial charge in [-0.05, 0) is 36.4 Å². The fourth-order valence-corrected chi connectivity index (χ4v) is 3.03. The predicted octanol–water partition coefficient (Wildman–Crippen LogP) is 3.34. The van der Waals surface area contributed by atoms with Crippen LogP contribution in [-0.4, -0.2) is 28.5 Å². The number of furan rings is 1. The van der Waals surface area contributed by atoms with E-state index in [1.807, 2.05) is 17.8 Å². The quantitative estimate of drug-likeness (QED) is 0.528. The number of benzene rings is 1. The first kappa shape index (κ1) is 17.8. The monoisotopic (exact) mass is 371 g/mol. The minimum Gasteiger partial charge on any atom is -0.465 e. The highest BCUT2D eigenvalue weighted by Gasteiger charge is 2.13. The van der Waals surface area contributed by atoms with E-state index in [1.165, 1.54) is 18.9 Å². The summed E-state index contributed by atoms with van der Waals surface area (Å²) in [7, 11) is 3.24. The first-order chi connectivity index (χ1) is 12.6. The molecule has 1 aromatic carbocycles. The Kier molecular flexibility index (Phi) is 5.43. The van der Waals surface area contributed by atoms with Gasteiger partial charge in [0.25, 0.3) is 5.91 Å². The largest absolute Gasteiger partial charge is 0.465 e. The zero-order valence-electron chi connectivity index (χ0n) is 14.3. The molecule has 1 N–H and O–H groups in total. The van der Waals surface area contributed by atoms with Crippen LogP contribution in [0.4, 0.5) is 5.69 Å². The topological polar surface area (TPSA) is 86.4 Å². The van der Waals surface area contributed by atoms with E-state index in [1.54, 1.807) is 42.6 Å². The number of imidazole rings is 1. The molecule has 0 aliphatic heterocycles. The average Bonchev–Trinajstić information content (AvgIpc) is 3.29. The zero-order chi connectivity index (χ0) is 18.5. The third-order valence-corrected chi connectivity index (χ3v) is 4.65. The van der Waals surface area contributed by atoms with E-state index in [0.29, 0.717) is 22.8 Å². The van der Waals surface area contributed by atoms with Crippen molar-refractivity contribution in [3.8, 4) is 0 Å². The number of carbonyl (C=O) groups is 2. The van der Waals surface area contributed by atoms with Gasteiger partial charge in [0.2, 0.25) is 0 Å². The fourth-order valence-electron chi connectivity index (χ4n) is 2.20. The summed E-state index contributed by atoms with van der Waals surface area (Å²) in [6.45, 7) is 0. The van der Waals surface area contributed by atoms with Crippen LogP contribution >= 0.6 is 11.8 Å². The molecular formula is C18H17N3O4S. The highest BCUT2D eigenvalue weighted by Crippen LogP contribution is 2.22. The van der Waals surface area contributed by atoms with E-state index in [4.69, 9.17) is 4.42 Å². The Hall–Kier alpha value is -3.00. The van der Waals surface area contributed by atoms with Crippen LogP contribution in [-0.2, 0) is 17.5 Å². The molecule has 7 nitrogen and oxygen atoms in total. The first-order valence-corrected chi connectivity index (χ1v) is 8.74. The van der Waals surface area contributed by atoms with Gasteiger partial charge < -0.3 is 19.0 Å². The summed E-state index contributed by atoms with van der Waals surface area (Å²) in [5.41, 5.74) is 0.972. The minimum atomic E-state index is -0.427. The normalized spacial score (nSPS) is 10.5. The van der Waals surface area contributed by atoms with E-state index >= 15 is 0 Å². The lowest BCUT2D eigenvalue weighted by molar-refractivity contribution is 0.0600. The molecule has 0 aliphatic carbocycles. The third kappa shape index (κ3) is 4.15. The molecule has 3 aromatic rings. The molecule has 1 amide bonds. The van der Waals surface area contributed by atoms with Crippen molar-refractivity contribution in [3.63, 3.8) is 0 Å². The van der Waals surface area contributed by atoms with Gasteiger partial charge in [0.15, 0.2) is 10.9 Å². The number of hydrogen-bond donors (Lipinski definition) is 1. The Bertz CT molecular complexity index is 915. The molecule has 2 heterocycles.